The Labute approximate surface area is 174 Å². The van der Waals surface area contributed by atoms with Gasteiger partial charge in [0.1, 0.15) is 11.6 Å². The first kappa shape index (κ1) is 19.0. The van der Waals surface area contributed by atoms with Crippen LogP contribution in [0.3, 0.4) is 0 Å². The minimum atomic E-state index is 0. The van der Waals surface area contributed by atoms with Gasteiger partial charge in [-0.2, -0.15) is 0 Å². The van der Waals surface area contributed by atoms with Crippen LogP contribution >= 0.6 is 0 Å². The lowest BCUT2D eigenvalue weighted by Crippen LogP contribution is -2.20. The van der Waals surface area contributed by atoms with E-state index in [2.05, 4.69) is 34.6 Å². The summed E-state index contributed by atoms with van der Waals surface area (Å²) in [6.45, 7) is 3.95. The number of benzene rings is 2. The maximum absolute atomic E-state index is 8.69. The number of rotatable bonds is 6. The van der Waals surface area contributed by atoms with E-state index in [1.165, 1.54) is 11.1 Å². The van der Waals surface area contributed by atoms with E-state index in [-0.39, 0.29) is 8.96 Å². The Morgan fingerprint density at radius 2 is 1.86 bits per heavy atom. The number of fused-ring (bicyclic) bond motifs is 1. The first-order valence-electron chi connectivity index (χ1n) is 9.94. The van der Waals surface area contributed by atoms with E-state index in [0.717, 1.165) is 24.2 Å². The molecule has 0 bridgehead atoms. The molecule has 0 aliphatic heterocycles. The van der Waals surface area contributed by atoms with Crippen LogP contribution in [0.2, 0.25) is 0 Å². The van der Waals surface area contributed by atoms with E-state index in [4.69, 9.17) is 15.9 Å². The van der Waals surface area contributed by atoms with E-state index in [1.807, 2.05) is 38.1 Å². The quantitative estimate of drug-likeness (QED) is 0.411. The Morgan fingerprint density at radius 3 is 2.55 bits per heavy atom. The largest absolute Gasteiger partial charge is 0.491 e. The van der Waals surface area contributed by atoms with Crippen molar-refractivity contribution in [1.82, 2.24) is 4.98 Å². The third-order valence-electron chi connectivity index (χ3n) is 5.12. The van der Waals surface area contributed by atoms with E-state index in [9.17, 15) is 0 Å². The van der Waals surface area contributed by atoms with Crippen LogP contribution in [0, 0.1) is 5.41 Å². The molecule has 0 fully saturated rings. The first-order valence-corrected chi connectivity index (χ1v) is 9.94. The zero-order chi connectivity index (χ0) is 20.4. The molecule has 1 aliphatic carbocycles. The Morgan fingerprint density at radius 1 is 1.14 bits per heavy atom. The van der Waals surface area contributed by atoms with Crippen molar-refractivity contribution < 1.29 is 7.59 Å². The number of nitrogen functional groups attached to an aromatic ring is 1. The lowest BCUT2D eigenvalue weighted by atomic mass is 10.0. The maximum Gasteiger partial charge on any atom is 0.126 e. The molecule has 0 amide bonds. The highest BCUT2D eigenvalue weighted by atomic mass is 16.5. The predicted octanol–water partition coefficient (Wildman–Crippen LogP) is 4.94. The van der Waals surface area contributed by atoms with Gasteiger partial charge < -0.3 is 15.8 Å². The van der Waals surface area contributed by atoms with Gasteiger partial charge in [0.15, 0.2) is 0 Å². The molecule has 5 heteroatoms. The normalized spacial score (nSPS) is 13.3. The Bertz CT molecular complexity index is 1030. The SMILES string of the molecule is CC(C)Oc1ccc(N)c(C(=N)c2ccnc(NC3Cc4ccccc4C3)c2)c1.[HH].[HH]. The van der Waals surface area contributed by atoms with Crippen LogP contribution in [-0.4, -0.2) is 22.8 Å². The van der Waals surface area contributed by atoms with Gasteiger partial charge >= 0.3 is 0 Å². The lowest BCUT2D eigenvalue weighted by Gasteiger charge is -2.15. The minimum Gasteiger partial charge on any atom is -0.491 e. The van der Waals surface area contributed by atoms with Crippen LogP contribution < -0.4 is 15.8 Å². The molecule has 5 nitrogen and oxygen atoms in total. The fourth-order valence-corrected chi connectivity index (χ4v) is 3.79. The van der Waals surface area contributed by atoms with E-state index in [0.29, 0.717) is 28.8 Å². The number of hydrogen-bond donors (Lipinski definition) is 3. The molecular weight excluding hydrogens is 360 g/mol. The smallest absolute Gasteiger partial charge is 0.126 e. The van der Waals surface area contributed by atoms with Crippen LogP contribution in [0.4, 0.5) is 11.5 Å². The fraction of sp³-hybridized carbons (Fsp3) is 0.250. The average molecular weight is 391 g/mol. The fourth-order valence-electron chi connectivity index (χ4n) is 3.79. The van der Waals surface area contributed by atoms with Gasteiger partial charge in [-0.3, -0.25) is 5.41 Å². The molecule has 152 valence electrons. The van der Waals surface area contributed by atoms with Crippen LogP contribution in [0.15, 0.2) is 60.8 Å². The van der Waals surface area contributed by atoms with E-state index >= 15 is 0 Å². The van der Waals surface area contributed by atoms with E-state index in [1.54, 1.807) is 12.3 Å². The molecule has 4 rings (SSSR count). The number of nitrogens with one attached hydrogen (secondary N) is 2. The summed E-state index contributed by atoms with van der Waals surface area (Å²) in [5, 5.41) is 12.2. The average Bonchev–Trinajstić information content (AvgIpc) is 3.11. The molecular formula is C24H30N4O. The second-order valence-electron chi connectivity index (χ2n) is 7.74. The van der Waals surface area contributed by atoms with E-state index < -0.39 is 0 Å². The Balaban J connectivity index is 0.00000171. The summed E-state index contributed by atoms with van der Waals surface area (Å²) in [6, 6.07) is 18.1. The third-order valence-corrected chi connectivity index (χ3v) is 5.12. The monoisotopic (exact) mass is 390 g/mol. The molecule has 1 aromatic heterocycles. The van der Waals surface area contributed by atoms with Gasteiger partial charge in [0.25, 0.3) is 0 Å². The molecule has 3 aromatic rings. The Kier molecular flexibility index (Phi) is 5.21. The summed E-state index contributed by atoms with van der Waals surface area (Å²) in [7, 11) is 0. The molecule has 0 radical (unpaired) electrons. The summed E-state index contributed by atoms with van der Waals surface area (Å²) >= 11 is 0. The maximum atomic E-state index is 8.69. The number of ether oxygens (including phenoxy) is 1. The minimum absolute atomic E-state index is 0. The van der Waals surface area contributed by atoms with Crippen molar-refractivity contribution in [1.29, 1.82) is 5.41 Å². The third kappa shape index (κ3) is 4.24. The molecule has 0 spiro atoms. The zero-order valence-electron chi connectivity index (χ0n) is 16.8. The molecule has 0 atom stereocenters. The number of nitrogens with two attached hydrogens (primary N) is 1. The van der Waals surface area contributed by atoms with Crippen LogP contribution in [0.25, 0.3) is 0 Å². The molecule has 29 heavy (non-hydrogen) atoms. The van der Waals surface area contributed by atoms with Crippen molar-refractivity contribution in [3.63, 3.8) is 0 Å². The summed E-state index contributed by atoms with van der Waals surface area (Å²) in [5.74, 6) is 1.49. The summed E-state index contributed by atoms with van der Waals surface area (Å²) < 4.78 is 5.76. The van der Waals surface area contributed by atoms with Gasteiger partial charge in [0.05, 0.1) is 11.8 Å². The lowest BCUT2D eigenvalue weighted by molar-refractivity contribution is 0.242. The summed E-state index contributed by atoms with van der Waals surface area (Å²) in [6.07, 6.45) is 3.77. The predicted molar refractivity (Wildman–Crippen MR) is 122 cm³/mol. The highest BCUT2D eigenvalue weighted by Crippen LogP contribution is 2.26. The highest BCUT2D eigenvalue weighted by Gasteiger charge is 2.21. The van der Waals surface area contributed by atoms with Gasteiger partial charge in [-0.25, -0.2) is 4.98 Å². The van der Waals surface area contributed by atoms with Gasteiger partial charge in [-0.1, -0.05) is 24.3 Å². The standard InChI is InChI=1S/C24H26N4O.2H2/c1-15(2)29-20-7-8-22(25)21(14-20)24(26)18-9-10-27-23(13-18)28-19-11-16-5-3-4-6-17(16)12-19;;/h3-10,13-15,19,26H,11-12,25H2,1-2H3,(H,27,28);2*1H. The number of nitrogens with zero attached hydrogens (tertiary/aromatic N) is 1. The van der Waals surface area contributed by atoms with Crippen molar-refractivity contribution in [2.75, 3.05) is 11.1 Å². The van der Waals surface area contributed by atoms with Crippen molar-refractivity contribution in [3.8, 4) is 5.75 Å². The van der Waals surface area contributed by atoms with Crippen molar-refractivity contribution in [2.24, 2.45) is 0 Å². The summed E-state index contributed by atoms with van der Waals surface area (Å²) in [5.41, 5.74) is 11.3. The van der Waals surface area contributed by atoms with Crippen LogP contribution in [0.1, 0.15) is 39.0 Å². The first-order chi connectivity index (χ1) is 14.0. The second kappa shape index (κ2) is 7.95. The molecule has 0 saturated carbocycles. The van der Waals surface area contributed by atoms with Gasteiger partial charge in [-0.05, 0) is 68.1 Å². The van der Waals surface area contributed by atoms with Crippen molar-refractivity contribution in [2.45, 2.75) is 38.8 Å². The zero-order valence-corrected chi connectivity index (χ0v) is 16.8. The number of hydrogen-bond acceptors (Lipinski definition) is 5. The molecule has 4 N–H and O–H groups in total. The van der Waals surface area contributed by atoms with Crippen LogP contribution in [-0.2, 0) is 12.8 Å². The summed E-state index contributed by atoms with van der Waals surface area (Å²) in [4.78, 5) is 4.46. The van der Waals surface area contributed by atoms with Gasteiger partial charge in [0.2, 0.25) is 0 Å². The second-order valence-corrected chi connectivity index (χ2v) is 7.74. The van der Waals surface area contributed by atoms with Crippen molar-refractivity contribution >= 4 is 17.2 Å². The molecule has 1 heterocycles. The number of aromatic nitrogens is 1. The molecule has 2 aromatic carbocycles. The van der Waals surface area contributed by atoms with Gasteiger partial charge in [0, 0.05) is 31.9 Å². The number of pyridine rings is 1. The van der Waals surface area contributed by atoms with Gasteiger partial charge in [-0.15, -0.1) is 0 Å². The molecule has 1 aliphatic rings. The van der Waals surface area contributed by atoms with Crippen LogP contribution in [0.5, 0.6) is 5.75 Å². The number of anilines is 2. The van der Waals surface area contributed by atoms with Crippen molar-refractivity contribution in [3.05, 3.63) is 83.0 Å². The molecule has 0 saturated heterocycles. The Hall–Kier alpha value is -3.34. The highest BCUT2D eigenvalue weighted by molar-refractivity contribution is 6.14. The topological polar surface area (TPSA) is 84.0 Å². The molecule has 0 unspecified atom stereocenters.